The molecule has 1 aromatic rings. The first-order chi connectivity index (χ1) is 12.0. The van der Waals surface area contributed by atoms with Crippen LogP contribution in [0.25, 0.3) is 6.08 Å². The average Bonchev–Trinajstić information content (AvgIpc) is 2.99. The molecule has 0 aliphatic carbocycles. The van der Waals surface area contributed by atoms with Gasteiger partial charge >= 0.3 is 0 Å². The molecule has 0 saturated carbocycles. The van der Waals surface area contributed by atoms with Gasteiger partial charge in [-0.1, -0.05) is 48.8 Å². The van der Waals surface area contributed by atoms with Gasteiger partial charge in [-0.05, 0) is 75.4 Å². The Hall–Kier alpha value is -1.32. The van der Waals surface area contributed by atoms with Gasteiger partial charge in [0.05, 0.1) is 5.71 Å². The Morgan fingerprint density at radius 2 is 2.12 bits per heavy atom. The summed E-state index contributed by atoms with van der Waals surface area (Å²) in [5.41, 5.74) is 2.12. The van der Waals surface area contributed by atoms with Crippen molar-refractivity contribution in [1.29, 1.82) is 0 Å². The number of oxime groups is 1. The van der Waals surface area contributed by atoms with Crippen LogP contribution in [0.15, 0.2) is 35.5 Å². The number of likely N-dealkylation sites (tertiary alicyclic amines) is 1. The standard InChI is InChI=1S/C21H31ClN2O/c1-17(2)6-12-20(13-9-18-7-10-19(22)11-8-18)23-25-16-14-21-5-4-15-24(21)3/h7-11,13,17,21H,4-6,12,14-16H2,1-3H3/b13-9-,23-20+. The zero-order valence-corrected chi connectivity index (χ0v) is 16.5. The lowest BCUT2D eigenvalue weighted by Crippen LogP contribution is -2.25. The van der Waals surface area contributed by atoms with Gasteiger partial charge in [-0.3, -0.25) is 0 Å². The molecule has 25 heavy (non-hydrogen) atoms. The van der Waals surface area contributed by atoms with Crippen LogP contribution in [0.1, 0.15) is 51.5 Å². The Morgan fingerprint density at radius 1 is 1.36 bits per heavy atom. The van der Waals surface area contributed by atoms with E-state index in [0.29, 0.717) is 18.6 Å². The first kappa shape index (κ1) is 20.0. The Balaban J connectivity index is 1.88. The van der Waals surface area contributed by atoms with Gasteiger partial charge in [0.25, 0.3) is 0 Å². The summed E-state index contributed by atoms with van der Waals surface area (Å²) in [6, 6.07) is 8.48. The van der Waals surface area contributed by atoms with Crippen molar-refractivity contribution >= 4 is 23.4 Å². The summed E-state index contributed by atoms with van der Waals surface area (Å²) in [6.07, 6.45) is 9.81. The minimum atomic E-state index is 0.652. The van der Waals surface area contributed by atoms with Gasteiger partial charge in [0.1, 0.15) is 6.61 Å². The Kier molecular flexibility index (Phi) is 8.50. The molecule has 0 bridgehead atoms. The molecular formula is C21H31ClN2O. The van der Waals surface area contributed by atoms with Crippen molar-refractivity contribution in [2.24, 2.45) is 11.1 Å². The van der Waals surface area contributed by atoms with Crippen LogP contribution < -0.4 is 0 Å². The van der Waals surface area contributed by atoms with Crippen molar-refractivity contribution in [3.8, 4) is 0 Å². The second-order valence-electron chi connectivity index (χ2n) is 7.30. The third-order valence-corrected chi connectivity index (χ3v) is 4.96. The maximum absolute atomic E-state index is 5.94. The summed E-state index contributed by atoms with van der Waals surface area (Å²) in [5.74, 6) is 0.654. The molecule has 2 rings (SSSR count). The molecule has 0 N–H and O–H groups in total. The van der Waals surface area contributed by atoms with Gasteiger partial charge in [-0.15, -0.1) is 0 Å². The zero-order valence-electron chi connectivity index (χ0n) is 15.7. The summed E-state index contributed by atoms with van der Waals surface area (Å²) < 4.78 is 0. The summed E-state index contributed by atoms with van der Waals surface area (Å²) in [7, 11) is 2.20. The van der Waals surface area contributed by atoms with Crippen LogP contribution in [0.2, 0.25) is 5.02 Å². The van der Waals surface area contributed by atoms with Gasteiger partial charge in [-0.2, -0.15) is 0 Å². The van der Waals surface area contributed by atoms with E-state index < -0.39 is 0 Å². The summed E-state index contributed by atoms with van der Waals surface area (Å²) in [6.45, 7) is 6.36. The molecule has 1 aliphatic heterocycles. The fourth-order valence-corrected chi connectivity index (χ4v) is 3.15. The third-order valence-electron chi connectivity index (χ3n) is 4.71. The number of hydrogen-bond acceptors (Lipinski definition) is 3. The van der Waals surface area contributed by atoms with E-state index in [2.05, 4.69) is 43.1 Å². The van der Waals surface area contributed by atoms with Crippen LogP contribution in [-0.4, -0.2) is 36.9 Å². The molecule has 0 aromatic heterocycles. The molecule has 1 fully saturated rings. The number of hydrogen-bond donors (Lipinski definition) is 0. The summed E-state index contributed by atoms with van der Waals surface area (Å²) in [4.78, 5) is 8.06. The lowest BCUT2D eigenvalue weighted by Gasteiger charge is -2.18. The quantitative estimate of drug-likeness (QED) is 0.322. The molecule has 1 aliphatic rings. The minimum Gasteiger partial charge on any atom is -0.396 e. The van der Waals surface area contributed by atoms with Crippen LogP contribution >= 0.6 is 11.6 Å². The number of allylic oxidation sites excluding steroid dienone is 1. The maximum Gasteiger partial charge on any atom is 0.118 e. The lowest BCUT2D eigenvalue weighted by atomic mass is 10.0. The predicted molar refractivity (Wildman–Crippen MR) is 108 cm³/mol. The molecule has 0 spiro atoms. The van der Waals surface area contributed by atoms with Gasteiger partial charge in [0.15, 0.2) is 0 Å². The van der Waals surface area contributed by atoms with Crippen molar-refractivity contribution in [3.05, 3.63) is 40.9 Å². The number of nitrogens with zero attached hydrogens (tertiary/aromatic N) is 2. The third kappa shape index (κ3) is 7.62. The molecule has 138 valence electrons. The van der Waals surface area contributed by atoms with Gasteiger partial charge in [0, 0.05) is 11.1 Å². The fraction of sp³-hybridized carbons (Fsp3) is 0.571. The number of halogens is 1. The highest BCUT2D eigenvalue weighted by Crippen LogP contribution is 2.18. The predicted octanol–water partition coefficient (Wildman–Crippen LogP) is 5.65. The monoisotopic (exact) mass is 362 g/mol. The van der Waals surface area contributed by atoms with Crippen LogP contribution in [-0.2, 0) is 4.84 Å². The van der Waals surface area contributed by atoms with Crippen LogP contribution in [0.4, 0.5) is 0 Å². The van der Waals surface area contributed by atoms with E-state index in [0.717, 1.165) is 35.6 Å². The first-order valence-corrected chi connectivity index (χ1v) is 9.75. The fourth-order valence-electron chi connectivity index (χ4n) is 3.02. The van der Waals surface area contributed by atoms with Crippen molar-refractivity contribution in [2.45, 2.75) is 52.0 Å². The van der Waals surface area contributed by atoms with Gasteiger partial charge < -0.3 is 9.74 Å². The minimum absolute atomic E-state index is 0.652. The van der Waals surface area contributed by atoms with Crippen LogP contribution in [0.3, 0.4) is 0 Å². The average molecular weight is 363 g/mol. The molecule has 1 atom stereocenters. The van der Waals surface area contributed by atoms with E-state index in [1.54, 1.807) is 0 Å². The van der Waals surface area contributed by atoms with Crippen molar-refractivity contribution in [2.75, 3.05) is 20.2 Å². The maximum atomic E-state index is 5.94. The highest BCUT2D eigenvalue weighted by Gasteiger charge is 2.20. The lowest BCUT2D eigenvalue weighted by molar-refractivity contribution is 0.121. The van der Waals surface area contributed by atoms with Gasteiger partial charge in [-0.25, -0.2) is 0 Å². The molecule has 1 unspecified atom stereocenters. The molecule has 1 saturated heterocycles. The molecule has 1 aromatic carbocycles. The molecule has 4 heteroatoms. The van der Waals surface area contributed by atoms with Crippen molar-refractivity contribution in [3.63, 3.8) is 0 Å². The molecule has 3 nitrogen and oxygen atoms in total. The Bertz CT molecular complexity index is 566. The SMILES string of the molecule is CC(C)CCC(/C=C\c1ccc(Cl)cc1)=N\OCCC1CCCN1C. The smallest absolute Gasteiger partial charge is 0.118 e. The Labute approximate surface area is 157 Å². The Morgan fingerprint density at radius 3 is 2.76 bits per heavy atom. The van der Waals surface area contributed by atoms with Crippen LogP contribution in [0, 0.1) is 5.92 Å². The molecule has 1 heterocycles. The van der Waals surface area contributed by atoms with E-state index in [-0.39, 0.29) is 0 Å². The molecular weight excluding hydrogens is 332 g/mol. The van der Waals surface area contributed by atoms with E-state index >= 15 is 0 Å². The van der Waals surface area contributed by atoms with Crippen molar-refractivity contribution in [1.82, 2.24) is 4.90 Å². The van der Waals surface area contributed by atoms with Gasteiger partial charge in [0.2, 0.25) is 0 Å². The normalized spacial score (nSPS) is 19.2. The highest BCUT2D eigenvalue weighted by molar-refractivity contribution is 6.30. The molecule has 0 radical (unpaired) electrons. The van der Waals surface area contributed by atoms with E-state index in [9.17, 15) is 0 Å². The largest absolute Gasteiger partial charge is 0.396 e. The first-order valence-electron chi connectivity index (χ1n) is 9.37. The number of rotatable bonds is 9. The van der Waals surface area contributed by atoms with E-state index in [1.165, 1.54) is 19.4 Å². The van der Waals surface area contributed by atoms with E-state index in [4.69, 9.17) is 16.4 Å². The van der Waals surface area contributed by atoms with Crippen molar-refractivity contribution < 1.29 is 4.84 Å². The number of benzene rings is 1. The second-order valence-corrected chi connectivity index (χ2v) is 7.74. The second kappa shape index (κ2) is 10.6. The highest BCUT2D eigenvalue weighted by atomic mass is 35.5. The zero-order chi connectivity index (χ0) is 18.1. The summed E-state index contributed by atoms with van der Waals surface area (Å²) >= 11 is 5.94. The van der Waals surface area contributed by atoms with Crippen LogP contribution in [0.5, 0.6) is 0 Å². The molecule has 0 amide bonds. The van der Waals surface area contributed by atoms with E-state index in [1.807, 2.05) is 24.3 Å². The summed E-state index contributed by atoms with van der Waals surface area (Å²) in [5, 5.41) is 5.16. The topological polar surface area (TPSA) is 24.8 Å².